The number of hydrogen-bond donors (Lipinski definition) is 2. The molecule has 1 aliphatic rings. The molecule has 28 heavy (non-hydrogen) atoms. The Morgan fingerprint density at radius 1 is 1.25 bits per heavy atom. The summed E-state index contributed by atoms with van der Waals surface area (Å²) in [5.74, 6) is 0.167. The van der Waals surface area contributed by atoms with E-state index in [1.165, 1.54) is 33.7 Å². The lowest BCUT2D eigenvalue weighted by Gasteiger charge is -2.26. The molecular formula is C19H20N4O3S2. The van der Waals surface area contributed by atoms with E-state index in [4.69, 9.17) is 0 Å². The Morgan fingerprint density at radius 2 is 2.04 bits per heavy atom. The van der Waals surface area contributed by atoms with E-state index in [1.807, 2.05) is 24.3 Å². The average Bonchev–Trinajstić information content (AvgIpc) is 3.10. The normalized spacial score (nSPS) is 15.0. The Labute approximate surface area is 169 Å². The fourth-order valence-electron chi connectivity index (χ4n) is 3.52. The van der Waals surface area contributed by atoms with Crippen molar-refractivity contribution in [3.8, 4) is 0 Å². The van der Waals surface area contributed by atoms with Gasteiger partial charge in [-0.25, -0.2) is 9.78 Å². The lowest BCUT2D eigenvalue weighted by Crippen LogP contribution is -2.36. The Morgan fingerprint density at radius 3 is 2.82 bits per heavy atom. The zero-order valence-electron chi connectivity index (χ0n) is 15.1. The van der Waals surface area contributed by atoms with Crippen molar-refractivity contribution in [2.24, 2.45) is 0 Å². The number of amides is 1. The molecule has 2 N–H and O–H groups in total. The van der Waals surface area contributed by atoms with Crippen molar-refractivity contribution >= 4 is 45.0 Å². The maximum absolute atomic E-state index is 12.5. The van der Waals surface area contributed by atoms with Crippen molar-refractivity contribution in [3.05, 3.63) is 51.2 Å². The maximum Gasteiger partial charge on any atom is 0.330 e. The fraction of sp³-hybridized carbons (Fsp3) is 0.368. The number of aromatic nitrogens is 3. The van der Waals surface area contributed by atoms with E-state index in [0.717, 1.165) is 46.7 Å². The number of thioether (sulfide) groups is 1. The Balaban J connectivity index is 1.49. The van der Waals surface area contributed by atoms with Gasteiger partial charge in [0.05, 0.1) is 16.0 Å². The van der Waals surface area contributed by atoms with Crippen molar-refractivity contribution in [1.82, 2.24) is 14.5 Å². The third-order valence-corrected chi connectivity index (χ3v) is 6.96. The Bertz CT molecular complexity index is 1080. The Kier molecular flexibility index (Phi) is 5.63. The number of thiazole rings is 1. The molecule has 0 aliphatic heterocycles. The molecule has 0 bridgehead atoms. The first-order valence-corrected chi connectivity index (χ1v) is 11.0. The zero-order chi connectivity index (χ0) is 19.5. The van der Waals surface area contributed by atoms with Gasteiger partial charge in [-0.3, -0.25) is 19.1 Å². The van der Waals surface area contributed by atoms with Crippen LogP contribution < -0.4 is 16.6 Å². The first-order valence-electron chi connectivity index (χ1n) is 9.24. The molecule has 0 spiro atoms. The van der Waals surface area contributed by atoms with Crippen LogP contribution in [0.3, 0.4) is 0 Å². The molecule has 1 fully saturated rings. The van der Waals surface area contributed by atoms with Gasteiger partial charge in [0.1, 0.15) is 5.82 Å². The monoisotopic (exact) mass is 416 g/mol. The molecule has 0 saturated heterocycles. The number of nitrogens with one attached hydrogen (secondary N) is 2. The summed E-state index contributed by atoms with van der Waals surface area (Å²) in [4.78, 5) is 43.4. The molecule has 0 radical (unpaired) electrons. The topological polar surface area (TPSA) is 96.8 Å². The van der Waals surface area contributed by atoms with Crippen molar-refractivity contribution in [2.45, 2.75) is 42.5 Å². The molecule has 1 aliphatic carbocycles. The summed E-state index contributed by atoms with van der Waals surface area (Å²) in [6.45, 7) is 0. The minimum Gasteiger partial charge on any atom is -0.311 e. The number of benzene rings is 1. The first kappa shape index (κ1) is 18.9. The van der Waals surface area contributed by atoms with E-state index >= 15 is 0 Å². The summed E-state index contributed by atoms with van der Waals surface area (Å²) >= 11 is 2.88. The van der Waals surface area contributed by atoms with Crippen molar-refractivity contribution in [2.75, 3.05) is 11.1 Å². The smallest absolute Gasteiger partial charge is 0.311 e. The molecule has 7 nitrogen and oxygen atoms in total. The highest BCUT2D eigenvalue weighted by molar-refractivity contribution is 8.01. The SMILES string of the molecule is O=C(CSc1nc2ccccc2s1)Nc1cc(=O)[nH]c(=O)n1C1CCCCC1. The third-order valence-electron chi connectivity index (χ3n) is 4.78. The summed E-state index contributed by atoms with van der Waals surface area (Å²) in [5.41, 5.74) is -0.0594. The number of nitrogens with zero attached hydrogens (tertiary/aromatic N) is 2. The van der Waals surface area contributed by atoms with Crippen LogP contribution >= 0.6 is 23.1 Å². The van der Waals surface area contributed by atoms with Crippen LogP contribution in [0, 0.1) is 0 Å². The summed E-state index contributed by atoms with van der Waals surface area (Å²) < 4.78 is 3.42. The lowest BCUT2D eigenvalue weighted by atomic mass is 9.95. The summed E-state index contributed by atoms with van der Waals surface area (Å²) in [7, 11) is 0. The largest absolute Gasteiger partial charge is 0.330 e. The van der Waals surface area contributed by atoms with Crippen LogP contribution in [0.5, 0.6) is 0 Å². The van der Waals surface area contributed by atoms with Crippen LogP contribution in [0.2, 0.25) is 0 Å². The van der Waals surface area contributed by atoms with E-state index in [2.05, 4.69) is 15.3 Å². The van der Waals surface area contributed by atoms with Crippen LogP contribution in [0.1, 0.15) is 38.1 Å². The maximum atomic E-state index is 12.5. The molecular weight excluding hydrogens is 396 g/mol. The van der Waals surface area contributed by atoms with Gasteiger partial charge in [-0.05, 0) is 25.0 Å². The number of hydrogen-bond acceptors (Lipinski definition) is 6. The van der Waals surface area contributed by atoms with Gasteiger partial charge < -0.3 is 5.32 Å². The molecule has 9 heteroatoms. The highest BCUT2D eigenvalue weighted by Gasteiger charge is 2.21. The number of carbonyl (C=O) groups excluding carboxylic acids is 1. The van der Waals surface area contributed by atoms with Crippen LogP contribution in [0.25, 0.3) is 10.2 Å². The molecule has 4 rings (SSSR count). The second-order valence-corrected chi connectivity index (χ2v) is 9.02. The molecule has 0 unspecified atom stereocenters. The van der Waals surface area contributed by atoms with Crippen molar-refractivity contribution in [3.63, 3.8) is 0 Å². The molecule has 2 heterocycles. The average molecular weight is 417 g/mol. The van der Waals surface area contributed by atoms with E-state index in [1.54, 1.807) is 0 Å². The van der Waals surface area contributed by atoms with Crippen molar-refractivity contribution < 1.29 is 4.79 Å². The van der Waals surface area contributed by atoms with Gasteiger partial charge in [-0.15, -0.1) is 11.3 Å². The first-order chi connectivity index (χ1) is 13.6. The van der Waals surface area contributed by atoms with Gasteiger partial charge in [0.25, 0.3) is 5.56 Å². The molecule has 2 aromatic heterocycles. The van der Waals surface area contributed by atoms with Crippen molar-refractivity contribution in [1.29, 1.82) is 0 Å². The molecule has 0 atom stereocenters. The third kappa shape index (κ3) is 4.20. The van der Waals surface area contributed by atoms with E-state index < -0.39 is 11.2 Å². The number of aromatic amines is 1. The van der Waals surface area contributed by atoms with Crippen LogP contribution in [0.15, 0.2) is 44.3 Å². The number of fused-ring (bicyclic) bond motifs is 1. The van der Waals surface area contributed by atoms with Crippen LogP contribution in [-0.4, -0.2) is 26.2 Å². The van der Waals surface area contributed by atoms with E-state index in [-0.39, 0.29) is 23.5 Å². The minimum absolute atomic E-state index is 0.00492. The number of carbonyl (C=O) groups is 1. The Hall–Kier alpha value is -2.39. The highest BCUT2D eigenvalue weighted by atomic mass is 32.2. The second kappa shape index (κ2) is 8.32. The lowest BCUT2D eigenvalue weighted by molar-refractivity contribution is -0.113. The highest BCUT2D eigenvalue weighted by Crippen LogP contribution is 2.30. The van der Waals surface area contributed by atoms with Gasteiger partial charge in [0.2, 0.25) is 5.91 Å². The molecule has 1 aromatic carbocycles. The molecule has 1 saturated carbocycles. The van der Waals surface area contributed by atoms with Crippen LogP contribution in [0.4, 0.5) is 5.82 Å². The predicted molar refractivity (Wildman–Crippen MR) is 112 cm³/mol. The van der Waals surface area contributed by atoms with E-state index in [0.29, 0.717) is 0 Å². The number of rotatable bonds is 5. The number of H-pyrrole nitrogens is 1. The fourth-order valence-corrected chi connectivity index (χ4v) is 5.39. The van der Waals surface area contributed by atoms with Gasteiger partial charge in [0.15, 0.2) is 4.34 Å². The number of para-hydroxylation sites is 1. The zero-order valence-corrected chi connectivity index (χ0v) is 16.8. The van der Waals surface area contributed by atoms with Gasteiger partial charge in [-0.1, -0.05) is 43.2 Å². The van der Waals surface area contributed by atoms with Gasteiger partial charge in [0, 0.05) is 12.1 Å². The van der Waals surface area contributed by atoms with Gasteiger partial charge in [-0.2, -0.15) is 0 Å². The second-order valence-electron chi connectivity index (χ2n) is 6.77. The molecule has 3 aromatic rings. The van der Waals surface area contributed by atoms with E-state index in [9.17, 15) is 14.4 Å². The standard InChI is InChI=1S/C19H20N4O3S2/c24-16-10-15(23(18(26)22-16)12-6-2-1-3-7-12)21-17(25)11-27-19-20-13-8-4-5-9-14(13)28-19/h4-5,8-10,12H,1-3,6-7,11H2,(H,21,25)(H,22,24,26). The summed E-state index contributed by atoms with van der Waals surface area (Å²) in [6, 6.07) is 9.12. The quantitative estimate of drug-likeness (QED) is 0.622. The molecule has 146 valence electrons. The number of anilines is 1. The summed E-state index contributed by atoms with van der Waals surface area (Å²) in [5, 5.41) is 2.75. The predicted octanol–water partition coefficient (Wildman–Crippen LogP) is 3.38. The summed E-state index contributed by atoms with van der Waals surface area (Å²) in [6.07, 6.45) is 4.97. The molecule has 1 amide bonds. The van der Waals surface area contributed by atoms with Gasteiger partial charge >= 0.3 is 5.69 Å². The van der Waals surface area contributed by atoms with Crippen LogP contribution in [-0.2, 0) is 4.79 Å². The minimum atomic E-state index is -0.508.